The lowest BCUT2D eigenvalue weighted by Gasteiger charge is -2.24. The number of hydrogen-bond acceptors (Lipinski definition) is 3. The Kier molecular flexibility index (Phi) is 5.89. The molecule has 1 aliphatic heterocycles. The lowest BCUT2D eigenvalue weighted by molar-refractivity contribution is 0.360. The summed E-state index contributed by atoms with van der Waals surface area (Å²) < 4.78 is 25.6. The molecule has 5 heteroatoms. The molecule has 0 aliphatic carbocycles. The highest BCUT2D eigenvalue weighted by molar-refractivity contribution is 7.89. The van der Waals surface area contributed by atoms with E-state index in [-0.39, 0.29) is 0 Å². The Bertz CT molecular complexity index is 308. The van der Waals surface area contributed by atoms with E-state index in [9.17, 15) is 8.42 Å². The van der Waals surface area contributed by atoms with Gasteiger partial charge in [-0.2, -0.15) is 0 Å². The van der Waals surface area contributed by atoms with Crippen LogP contribution in [0.4, 0.5) is 0 Å². The van der Waals surface area contributed by atoms with Crippen molar-refractivity contribution in [3.63, 3.8) is 0 Å². The second-order valence-corrected chi connectivity index (χ2v) is 7.67. The Morgan fingerprint density at radius 1 is 1.29 bits per heavy atom. The Labute approximate surface area is 106 Å². The number of rotatable bonds is 6. The molecule has 0 radical (unpaired) electrons. The molecule has 4 nitrogen and oxygen atoms in total. The average Bonchev–Trinajstić information content (AvgIpc) is 2.27. The molecule has 102 valence electrons. The topological polar surface area (TPSA) is 49.4 Å². The van der Waals surface area contributed by atoms with Crippen LogP contribution >= 0.6 is 0 Å². The molecule has 0 atom stereocenters. The van der Waals surface area contributed by atoms with Crippen molar-refractivity contribution in [1.82, 2.24) is 9.62 Å². The van der Waals surface area contributed by atoms with Crippen molar-refractivity contribution in [2.45, 2.75) is 33.1 Å². The molecule has 0 amide bonds. The summed E-state index contributed by atoms with van der Waals surface area (Å²) in [6.45, 7) is 6.77. The summed E-state index contributed by atoms with van der Waals surface area (Å²) in [5.74, 6) is 1.27. The predicted octanol–water partition coefficient (Wildman–Crippen LogP) is 1.29. The Morgan fingerprint density at radius 2 is 1.88 bits per heavy atom. The zero-order valence-corrected chi connectivity index (χ0v) is 12.1. The molecule has 1 aliphatic rings. The van der Waals surface area contributed by atoms with E-state index in [1.54, 1.807) is 7.05 Å². The highest BCUT2D eigenvalue weighted by atomic mass is 32.2. The molecule has 1 rings (SSSR count). The average molecular weight is 262 g/mol. The van der Waals surface area contributed by atoms with Crippen LogP contribution in [-0.4, -0.2) is 45.2 Å². The van der Waals surface area contributed by atoms with E-state index in [1.165, 1.54) is 4.31 Å². The van der Waals surface area contributed by atoms with Crippen molar-refractivity contribution in [2.24, 2.45) is 11.8 Å². The summed E-state index contributed by atoms with van der Waals surface area (Å²) in [4.78, 5) is 0. The Balaban J connectivity index is 2.37. The number of hydrogen-bond donors (Lipinski definition) is 1. The third kappa shape index (κ3) is 5.36. The van der Waals surface area contributed by atoms with Crippen LogP contribution in [0.3, 0.4) is 0 Å². The van der Waals surface area contributed by atoms with Gasteiger partial charge in [0, 0.05) is 13.6 Å². The molecule has 1 saturated heterocycles. The smallest absolute Gasteiger partial charge is 0.213 e. The van der Waals surface area contributed by atoms with E-state index in [1.807, 2.05) is 13.8 Å². The first kappa shape index (κ1) is 14.9. The van der Waals surface area contributed by atoms with Gasteiger partial charge in [0.2, 0.25) is 10.0 Å². The van der Waals surface area contributed by atoms with Crippen LogP contribution in [0.5, 0.6) is 0 Å². The number of nitrogens with zero attached hydrogens (tertiary/aromatic N) is 1. The molecular formula is C12H26N2O2S. The molecule has 1 N–H and O–H groups in total. The molecule has 17 heavy (non-hydrogen) atoms. The molecule has 0 saturated carbocycles. The maximum Gasteiger partial charge on any atom is 0.213 e. The number of nitrogens with one attached hydrogen (secondary N) is 1. The van der Waals surface area contributed by atoms with Gasteiger partial charge < -0.3 is 5.32 Å². The summed E-state index contributed by atoms with van der Waals surface area (Å²) in [5.41, 5.74) is 0. The fourth-order valence-electron chi connectivity index (χ4n) is 2.27. The second kappa shape index (κ2) is 6.71. The van der Waals surface area contributed by atoms with E-state index < -0.39 is 10.0 Å². The predicted molar refractivity (Wildman–Crippen MR) is 71.5 cm³/mol. The van der Waals surface area contributed by atoms with Crippen LogP contribution in [-0.2, 0) is 10.0 Å². The van der Waals surface area contributed by atoms with E-state index in [4.69, 9.17) is 0 Å². The van der Waals surface area contributed by atoms with Crippen molar-refractivity contribution < 1.29 is 8.42 Å². The summed E-state index contributed by atoms with van der Waals surface area (Å²) in [7, 11) is -1.35. The minimum Gasteiger partial charge on any atom is -0.317 e. The minimum absolute atomic E-state index is 0.306. The molecule has 0 bridgehead atoms. The van der Waals surface area contributed by atoms with Gasteiger partial charge in [-0.3, -0.25) is 0 Å². The first-order valence-electron chi connectivity index (χ1n) is 6.56. The van der Waals surface area contributed by atoms with Crippen LogP contribution in [0.25, 0.3) is 0 Å². The molecule has 0 spiro atoms. The summed E-state index contributed by atoms with van der Waals surface area (Å²) >= 11 is 0. The Hall–Kier alpha value is -0.130. The fourth-order valence-corrected chi connectivity index (χ4v) is 3.74. The van der Waals surface area contributed by atoms with E-state index >= 15 is 0 Å². The van der Waals surface area contributed by atoms with Gasteiger partial charge in [-0.05, 0) is 44.2 Å². The SMILES string of the molecule is CC(C)CN(C)S(=O)(=O)CCC1CCNCC1. The fraction of sp³-hybridized carbons (Fsp3) is 1.00. The van der Waals surface area contributed by atoms with Gasteiger partial charge in [0.1, 0.15) is 0 Å². The number of piperidine rings is 1. The van der Waals surface area contributed by atoms with Gasteiger partial charge in [-0.15, -0.1) is 0 Å². The molecule has 0 aromatic rings. The maximum atomic E-state index is 12.0. The third-order valence-electron chi connectivity index (χ3n) is 3.34. The van der Waals surface area contributed by atoms with Gasteiger partial charge in [0.25, 0.3) is 0 Å². The van der Waals surface area contributed by atoms with E-state index in [2.05, 4.69) is 5.32 Å². The van der Waals surface area contributed by atoms with Gasteiger partial charge in [-0.1, -0.05) is 13.8 Å². The van der Waals surface area contributed by atoms with Crippen LogP contribution in [0, 0.1) is 11.8 Å². The monoisotopic (exact) mass is 262 g/mol. The lowest BCUT2D eigenvalue weighted by Crippen LogP contribution is -2.34. The molecular weight excluding hydrogens is 236 g/mol. The zero-order chi connectivity index (χ0) is 12.9. The summed E-state index contributed by atoms with van der Waals surface area (Å²) in [6.07, 6.45) is 3.04. The van der Waals surface area contributed by atoms with E-state index in [0.29, 0.717) is 24.1 Å². The van der Waals surface area contributed by atoms with Crippen molar-refractivity contribution in [3.05, 3.63) is 0 Å². The first-order valence-corrected chi connectivity index (χ1v) is 8.17. The van der Waals surface area contributed by atoms with Crippen LogP contribution in [0.2, 0.25) is 0 Å². The normalized spacial score (nSPS) is 19.1. The lowest BCUT2D eigenvalue weighted by atomic mass is 9.96. The standard InChI is InChI=1S/C12H26N2O2S/c1-11(2)10-14(3)17(15,16)9-6-12-4-7-13-8-5-12/h11-13H,4-10H2,1-3H3. The molecule has 1 fully saturated rings. The van der Waals surface area contributed by atoms with Crippen LogP contribution in [0.1, 0.15) is 33.1 Å². The summed E-state index contributed by atoms with van der Waals surface area (Å²) in [5, 5.41) is 3.30. The highest BCUT2D eigenvalue weighted by Crippen LogP contribution is 2.17. The summed E-state index contributed by atoms with van der Waals surface area (Å²) in [6, 6.07) is 0. The van der Waals surface area contributed by atoms with Gasteiger partial charge in [0.05, 0.1) is 5.75 Å². The van der Waals surface area contributed by atoms with Crippen molar-refractivity contribution >= 4 is 10.0 Å². The molecule has 0 unspecified atom stereocenters. The molecule has 0 aromatic heterocycles. The highest BCUT2D eigenvalue weighted by Gasteiger charge is 2.21. The Morgan fingerprint density at radius 3 is 2.41 bits per heavy atom. The first-order chi connectivity index (χ1) is 7.92. The van der Waals surface area contributed by atoms with Gasteiger partial charge in [-0.25, -0.2) is 12.7 Å². The van der Waals surface area contributed by atoms with E-state index in [0.717, 1.165) is 32.4 Å². The van der Waals surface area contributed by atoms with Crippen molar-refractivity contribution in [2.75, 3.05) is 32.4 Å². The third-order valence-corrected chi connectivity index (χ3v) is 5.19. The molecule has 1 heterocycles. The zero-order valence-electron chi connectivity index (χ0n) is 11.3. The number of sulfonamides is 1. The quantitative estimate of drug-likeness (QED) is 0.785. The second-order valence-electron chi connectivity index (χ2n) is 5.47. The van der Waals surface area contributed by atoms with Crippen molar-refractivity contribution in [3.8, 4) is 0 Å². The minimum atomic E-state index is -3.04. The largest absolute Gasteiger partial charge is 0.317 e. The molecule has 0 aromatic carbocycles. The van der Waals surface area contributed by atoms with Crippen LogP contribution < -0.4 is 5.32 Å². The van der Waals surface area contributed by atoms with Gasteiger partial charge >= 0.3 is 0 Å². The van der Waals surface area contributed by atoms with Crippen LogP contribution in [0.15, 0.2) is 0 Å². The van der Waals surface area contributed by atoms with Crippen molar-refractivity contribution in [1.29, 1.82) is 0 Å². The van der Waals surface area contributed by atoms with Gasteiger partial charge in [0.15, 0.2) is 0 Å². The maximum absolute atomic E-state index is 12.0.